The van der Waals surface area contributed by atoms with Crippen LogP contribution in [0.4, 0.5) is 0 Å². The van der Waals surface area contributed by atoms with Gasteiger partial charge in [0.15, 0.2) is 11.6 Å². The van der Waals surface area contributed by atoms with Gasteiger partial charge in [0.25, 0.3) is 0 Å². The molecule has 0 radical (unpaired) electrons. The molecule has 49 heavy (non-hydrogen) atoms. The number of ketones is 2. The third kappa shape index (κ3) is 7.70. The van der Waals surface area contributed by atoms with E-state index in [-0.39, 0.29) is 29.9 Å². The zero-order valence-electron chi connectivity index (χ0n) is 27.5. The Morgan fingerprint density at radius 3 is 2.43 bits per heavy atom. The summed E-state index contributed by atoms with van der Waals surface area (Å²) in [6.07, 6.45) is 9.56. The highest BCUT2D eigenvalue weighted by Crippen LogP contribution is 2.42. The fourth-order valence-electron chi connectivity index (χ4n) is 7.21. The second-order valence-corrected chi connectivity index (χ2v) is 13.2. The molecule has 2 heterocycles. The Labute approximate surface area is 290 Å². The summed E-state index contributed by atoms with van der Waals surface area (Å²) in [5, 5.41) is 11.9. The normalized spacial score (nSPS) is 19.0. The van der Waals surface area contributed by atoms with Crippen LogP contribution in [-0.4, -0.2) is 62.2 Å². The number of Topliss-reactive ketones (excluding diaryl/α,β-unsaturated/α-hetero) is 2. The lowest BCUT2D eigenvalue weighted by molar-refractivity contribution is -0.142. The van der Waals surface area contributed by atoms with Crippen LogP contribution in [0, 0.1) is 5.92 Å². The van der Waals surface area contributed by atoms with E-state index < -0.39 is 6.04 Å². The maximum atomic E-state index is 14.3. The molecule has 1 amide bonds. The second kappa shape index (κ2) is 15.1. The summed E-state index contributed by atoms with van der Waals surface area (Å²) >= 11 is 6.31. The molecule has 3 aromatic carbocycles. The fourth-order valence-corrected chi connectivity index (χ4v) is 7.39. The summed E-state index contributed by atoms with van der Waals surface area (Å²) in [5.74, 6) is 0.0128. The summed E-state index contributed by atoms with van der Waals surface area (Å²) in [6, 6.07) is 17.6. The predicted molar refractivity (Wildman–Crippen MR) is 184 cm³/mol. The van der Waals surface area contributed by atoms with E-state index in [1.807, 2.05) is 12.1 Å². The highest BCUT2D eigenvalue weighted by atomic mass is 35.5. The Bertz CT molecular complexity index is 1880. The number of methoxy groups -OCH3 is 1. The molecule has 1 atom stereocenters. The monoisotopic (exact) mass is 679 g/mol. The minimum Gasteiger partial charge on any atom is -0.469 e. The number of nitrogens with zero attached hydrogens (tertiary/aromatic N) is 5. The van der Waals surface area contributed by atoms with Crippen molar-refractivity contribution in [3.8, 4) is 5.69 Å². The minimum atomic E-state index is -0.789. The van der Waals surface area contributed by atoms with Crippen molar-refractivity contribution in [1.82, 2.24) is 25.1 Å². The lowest BCUT2D eigenvalue weighted by atomic mass is 9.74. The fraction of sp³-hybridized carbons (Fsp3) is 0.342. The van der Waals surface area contributed by atoms with E-state index in [1.54, 1.807) is 53.4 Å². The van der Waals surface area contributed by atoms with E-state index in [2.05, 4.69) is 21.6 Å². The van der Waals surface area contributed by atoms with E-state index in [0.717, 1.165) is 42.4 Å². The summed E-state index contributed by atoms with van der Waals surface area (Å²) in [7, 11) is 1.43. The molecule has 11 heteroatoms. The molecule has 252 valence electrons. The van der Waals surface area contributed by atoms with Crippen molar-refractivity contribution in [3.63, 3.8) is 0 Å². The molecule has 10 nitrogen and oxygen atoms in total. The number of amides is 1. The number of benzene rings is 3. The van der Waals surface area contributed by atoms with Crippen LogP contribution in [0.1, 0.15) is 89.2 Å². The van der Waals surface area contributed by atoms with E-state index in [4.69, 9.17) is 16.3 Å². The molecule has 1 aliphatic heterocycles. The average Bonchev–Trinajstić information content (AvgIpc) is 3.65. The van der Waals surface area contributed by atoms with Gasteiger partial charge in [0.2, 0.25) is 5.91 Å². The smallest absolute Gasteiger partial charge is 0.305 e. The van der Waals surface area contributed by atoms with Crippen molar-refractivity contribution in [1.29, 1.82) is 0 Å². The van der Waals surface area contributed by atoms with Crippen LogP contribution in [0.25, 0.3) is 11.8 Å². The topological polar surface area (TPSA) is 124 Å². The Morgan fingerprint density at radius 1 is 0.980 bits per heavy atom. The van der Waals surface area contributed by atoms with Crippen LogP contribution in [0.5, 0.6) is 0 Å². The van der Waals surface area contributed by atoms with Crippen LogP contribution in [0.2, 0.25) is 5.02 Å². The molecule has 0 saturated heterocycles. The van der Waals surface area contributed by atoms with Gasteiger partial charge in [0.1, 0.15) is 12.4 Å². The zero-order chi connectivity index (χ0) is 34.5. The first-order valence-corrected chi connectivity index (χ1v) is 16.9. The third-order valence-electron chi connectivity index (χ3n) is 9.74. The Balaban J connectivity index is 1.30. The number of halogens is 1. The number of esters is 1. The van der Waals surface area contributed by atoms with Crippen molar-refractivity contribution in [2.45, 2.75) is 63.8 Å². The van der Waals surface area contributed by atoms with Gasteiger partial charge in [-0.1, -0.05) is 54.1 Å². The summed E-state index contributed by atoms with van der Waals surface area (Å²) in [4.78, 5) is 53.7. The number of ether oxygens (including phenoxy) is 1. The van der Waals surface area contributed by atoms with Crippen molar-refractivity contribution in [3.05, 3.63) is 111 Å². The molecule has 1 aliphatic carbocycles. The van der Waals surface area contributed by atoms with Gasteiger partial charge in [-0.2, -0.15) is 4.68 Å². The molecule has 0 spiro atoms. The Morgan fingerprint density at radius 2 is 1.73 bits per heavy atom. The molecule has 1 unspecified atom stereocenters. The standard InChI is InChI=1S/C38H38ClN5O5/c1-24(45)27-10-6-25(7-11-27)20-35(46)38-33-5-3-4-31(28-12-8-26(9-13-28)21-37(48)49-2)32(33)18-19-43(38)36(47)17-14-29-22-30(39)15-16-34(29)44-23-40-41-42-44/h3-7,10-11,14-17,22-23,26,28,38H,8-9,12-13,18-21H2,1-2H3/b17-14+. The molecule has 2 aliphatic rings. The first-order chi connectivity index (χ1) is 23.7. The molecule has 1 fully saturated rings. The number of carbonyl (C=O) groups is 4. The first-order valence-electron chi connectivity index (χ1n) is 16.5. The van der Waals surface area contributed by atoms with Crippen molar-refractivity contribution in [2.24, 2.45) is 5.92 Å². The number of fused-ring (bicyclic) bond motifs is 1. The highest BCUT2D eigenvalue weighted by molar-refractivity contribution is 6.30. The van der Waals surface area contributed by atoms with Gasteiger partial charge in [0.05, 0.1) is 12.8 Å². The number of aromatic nitrogens is 4. The predicted octanol–water partition coefficient (Wildman–Crippen LogP) is 6.31. The van der Waals surface area contributed by atoms with Crippen molar-refractivity contribution < 1.29 is 23.9 Å². The largest absolute Gasteiger partial charge is 0.469 e. The molecule has 0 N–H and O–H groups in total. The molecule has 1 aromatic heterocycles. The number of carbonyl (C=O) groups excluding carboxylic acids is 4. The maximum absolute atomic E-state index is 14.3. The van der Waals surface area contributed by atoms with Gasteiger partial charge >= 0.3 is 5.97 Å². The second-order valence-electron chi connectivity index (χ2n) is 12.8. The van der Waals surface area contributed by atoms with Crippen LogP contribution in [0.15, 0.2) is 73.1 Å². The van der Waals surface area contributed by atoms with Crippen LogP contribution < -0.4 is 0 Å². The van der Waals surface area contributed by atoms with Gasteiger partial charge in [-0.15, -0.1) is 5.10 Å². The van der Waals surface area contributed by atoms with Gasteiger partial charge in [0, 0.05) is 41.6 Å². The van der Waals surface area contributed by atoms with E-state index in [1.165, 1.54) is 36.7 Å². The molecular formula is C38H38ClN5O5. The average molecular weight is 680 g/mol. The quantitative estimate of drug-likeness (QED) is 0.109. The van der Waals surface area contributed by atoms with Crippen molar-refractivity contribution >= 4 is 41.1 Å². The number of hydrogen-bond donors (Lipinski definition) is 0. The molecule has 6 rings (SSSR count). The van der Waals surface area contributed by atoms with Gasteiger partial charge < -0.3 is 9.64 Å². The Hall–Kier alpha value is -4.96. The highest BCUT2D eigenvalue weighted by Gasteiger charge is 2.37. The van der Waals surface area contributed by atoms with Crippen LogP contribution in [0.3, 0.4) is 0 Å². The summed E-state index contributed by atoms with van der Waals surface area (Å²) in [5.41, 5.74) is 5.85. The van der Waals surface area contributed by atoms with Crippen LogP contribution in [-0.2, 0) is 32.0 Å². The van der Waals surface area contributed by atoms with E-state index >= 15 is 0 Å². The third-order valence-corrected chi connectivity index (χ3v) is 9.98. The molecule has 0 bridgehead atoms. The maximum Gasteiger partial charge on any atom is 0.305 e. The number of rotatable bonds is 10. The first kappa shape index (κ1) is 33.9. The lowest BCUT2D eigenvalue weighted by Gasteiger charge is -2.38. The molecule has 1 saturated carbocycles. The lowest BCUT2D eigenvalue weighted by Crippen LogP contribution is -2.43. The molecule has 4 aromatic rings. The van der Waals surface area contributed by atoms with E-state index in [0.29, 0.717) is 53.1 Å². The number of tetrazole rings is 1. The van der Waals surface area contributed by atoms with E-state index in [9.17, 15) is 19.2 Å². The zero-order valence-corrected chi connectivity index (χ0v) is 28.3. The van der Waals surface area contributed by atoms with Crippen LogP contribution >= 0.6 is 11.6 Å². The van der Waals surface area contributed by atoms with Crippen molar-refractivity contribution in [2.75, 3.05) is 13.7 Å². The minimum absolute atomic E-state index is 0.0440. The van der Waals surface area contributed by atoms with Gasteiger partial charge in [-0.3, -0.25) is 19.2 Å². The summed E-state index contributed by atoms with van der Waals surface area (Å²) < 4.78 is 6.39. The molecular weight excluding hydrogens is 642 g/mol. The number of hydrogen-bond acceptors (Lipinski definition) is 8. The Kier molecular flexibility index (Phi) is 10.4. The van der Waals surface area contributed by atoms with Gasteiger partial charge in [-0.05, 0) is 108 Å². The summed E-state index contributed by atoms with van der Waals surface area (Å²) in [6.45, 7) is 1.88. The van der Waals surface area contributed by atoms with Gasteiger partial charge in [-0.25, -0.2) is 0 Å². The SMILES string of the molecule is COC(=O)CC1CCC(c2cccc3c2CCN(C(=O)/C=C/c2cc(Cl)ccc2-n2cnnn2)C3C(=O)Cc2ccc(C(C)=O)cc2)CC1.